The molecule has 0 saturated heterocycles. The van der Waals surface area contributed by atoms with Gasteiger partial charge in [-0.15, -0.1) is 0 Å². The summed E-state index contributed by atoms with van der Waals surface area (Å²) in [5, 5.41) is 2.55. The molecule has 4 aliphatic rings. The second-order valence-electron chi connectivity index (χ2n) is 19.0. The van der Waals surface area contributed by atoms with E-state index in [-0.39, 0.29) is 13.4 Å². The lowest BCUT2D eigenvalue weighted by atomic mass is 9.30. The smallest absolute Gasteiger partial charge is 0.256 e. The van der Waals surface area contributed by atoms with Crippen LogP contribution in [0.1, 0.15) is 11.1 Å². The summed E-state index contributed by atoms with van der Waals surface area (Å²) in [5.41, 5.74) is 25.3. The van der Waals surface area contributed by atoms with Crippen LogP contribution >= 0.6 is 0 Å². The molecule has 0 spiro atoms. The number of nitrogens with zero attached hydrogens (tertiary/aromatic N) is 3. The van der Waals surface area contributed by atoms with Crippen LogP contribution in [0.25, 0.3) is 49.7 Å². The number of hydrogen-bond acceptors (Lipinski definition) is 3. The van der Waals surface area contributed by atoms with Crippen LogP contribution in [0.4, 0.5) is 34.1 Å². The Hall–Kier alpha value is -8.47. The van der Waals surface area contributed by atoms with Crippen molar-refractivity contribution in [2.75, 3.05) is 9.80 Å². The molecule has 0 amide bonds. The monoisotopic (exact) mass is 865 g/mol. The minimum atomic E-state index is -0.0712. The second kappa shape index (κ2) is 14.0. The number of aromatic nitrogens is 1. The lowest BCUT2D eigenvalue weighted by molar-refractivity contribution is 0.488. The first-order chi connectivity index (χ1) is 33.6. The van der Waals surface area contributed by atoms with Crippen LogP contribution in [0, 0.1) is 13.8 Å². The van der Waals surface area contributed by atoms with Gasteiger partial charge in [0.05, 0.1) is 5.52 Å². The van der Waals surface area contributed by atoms with Crippen molar-refractivity contribution in [2.45, 2.75) is 13.8 Å². The predicted molar refractivity (Wildman–Crippen MR) is 286 cm³/mol. The molecular weight excluding hydrogens is 824 g/mol. The van der Waals surface area contributed by atoms with Crippen LogP contribution in [-0.4, -0.2) is 18.0 Å². The molecule has 68 heavy (non-hydrogen) atoms. The van der Waals surface area contributed by atoms with Crippen LogP contribution in [0.3, 0.4) is 0 Å². The highest BCUT2D eigenvalue weighted by Crippen LogP contribution is 2.47. The SMILES string of the molecule is Cc1ccc(-c2cc3c4c(c2)N(c2ccccc2)c2ccccc2B4c2cc4c(cc2O3)N(c2ccccc2)c2cc(-c3ccc(C)cc3)cc3c2B4c2cccc4c5ccccc5n-3c24)cc1. The number of ether oxygens (including phenoxy) is 1. The van der Waals surface area contributed by atoms with E-state index in [2.05, 4.69) is 241 Å². The zero-order chi connectivity index (χ0) is 44.8. The van der Waals surface area contributed by atoms with Crippen molar-refractivity contribution in [3.8, 4) is 39.4 Å². The van der Waals surface area contributed by atoms with Gasteiger partial charge in [-0.1, -0.05) is 157 Å². The van der Waals surface area contributed by atoms with E-state index in [0.717, 1.165) is 45.4 Å². The Morgan fingerprint density at radius 1 is 0.353 bits per heavy atom. The van der Waals surface area contributed by atoms with E-state index in [1.54, 1.807) is 0 Å². The van der Waals surface area contributed by atoms with Crippen molar-refractivity contribution < 1.29 is 4.74 Å². The molecular formula is C62H41B2N3O. The average molecular weight is 866 g/mol. The Morgan fingerprint density at radius 3 is 1.63 bits per heavy atom. The molecule has 0 bridgehead atoms. The van der Waals surface area contributed by atoms with Crippen molar-refractivity contribution >= 4 is 102 Å². The number of para-hydroxylation sites is 5. The summed E-state index contributed by atoms with van der Waals surface area (Å²) in [4.78, 5) is 4.96. The Morgan fingerprint density at radius 2 is 0.912 bits per heavy atom. The Bertz CT molecular complexity index is 3920. The minimum absolute atomic E-state index is 0.0442. The Kier molecular flexibility index (Phi) is 7.78. The molecule has 4 nitrogen and oxygen atoms in total. The fourth-order valence-corrected chi connectivity index (χ4v) is 12.1. The van der Waals surface area contributed by atoms with Gasteiger partial charge in [-0.3, -0.25) is 0 Å². The first-order valence-electron chi connectivity index (χ1n) is 23.7. The third-order valence-corrected chi connectivity index (χ3v) is 15.1. The first kappa shape index (κ1) is 37.7. The van der Waals surface area contributed by atoms with Gasteiger partial charge in [-0.2, -0.15) is 0 Å². The van der Waals surface area contributed by atoms with Gasteiger partial charge in [0.1, 0.15) is 11.5 Å². The molecule has 0 radical (unpaired) electrons. The van der Waals surface area contributed by atoms with Gasteiger partial charge < -0.3 is 19.1 Å². The first-order valence-corrected chi connectivity index (χ1v) is 23.7. The molecule has 10 aromatic carbocycles. The highest BCUT2D eigenvalue weighted by atomic mass is 16.5. The number of rotatable bonds is 4. The van der Waals surface area contributed by atoms with Crippen molar-refractivity contribution in [2.24, 2.45) is 0 Å². The van der Waals surface area contributed by atoms with Gasteiger partial charge in [0.15, 0.2) is 0 Å². The van der Waals surface area contributed by atoms with Gasteiger partial charge in [-0.05, 0) is 130 Å². The quantitative estimate of drug-likeness (QED) is 0.164. The lowest BCUT2D eigenvalue weighted by Crippen LogP contribution is -2.64. The van der Waals surface area contributed by atoms with Crippen LogP contribution in [-0.2, 0) is 0 Å². The summed E-state index contributed by atoms with van der Waals surface area (Å²) >= 11 is 0. The molecule has 0 N–H and O–H groups in total. The molecule has 0 aliphatic carbocycles. The molecule has 4 aliphatic heterocycles. The molecule has 0 fully saturated rings. The number of benzene rings is 10. The molecule has 15 rings (SSSR count). The summed E-state index contributed by atoms with van der Waals surface area (Å²) in [6, 6.07) is 79.0. The van der Waals surface area contributed by atoms with Gasteiger partial charge in [0.2, 0.25) is 0 Å². The predicted octanol–water partition coefficient (Wildman–Crippen LogP) is 11.8. The van der Waals surface area contributed by atoms with Gasteiger partial charge in [0.25, 0.3) is 13.4 Å². The molecule has 6 heteroatoms. The van der Waals surface area contributed by atoms with Gasteiger partial charge >= 0.3 is 0 Å². The highest BCUT2D eigenvalue weighted by Gasteiger charge is 2.47. The van der Waals surface area contributed by atoms with E-state index in [1.165, 1.54) is 93.9 Å². The van der Waals surface area contributed by atoms with E-state index in [1.807, 2.05) is 0 Å². The van der Waals surface area contributed by atoms with Crippen LogP contribution in [0.2, 0.25) is 0 Å². The van der Waals surface area contributed by atoms with E-state index in [0.29, 0.717) is 0 Å². The van der Waals surface area contributed by atoms with Crippen LogP contribution < -0.4 is 47.3 Å². The molecule has 5 heterocycles. The van der Waals surface area contributed by atoms with Crippen molar-refractivity contribution in [1.29, 1.82) is 0 Å². The molecule has 11 aromatic rings. The molecule has 316 valence electrons. The highest BCUT2D eigenvalue weighted by molar-refractivity contribution is 7.02. The fourth-order valence-electron chi connectivity index (χ4n) is 12.1. The van der Waals surface area contributed by atoms with Crippen LogP contribution in [0.5, 0.6) is 11.5 Å². The summed E-state index contributed by atoms with van der Waals surface area (Å²) < 4.78 is 10.0. The summed E-state index contributed by atoms with van der Waals surface area (Å²) in [6.45, 7) is 4.19. The number of anilines is 6. The van der Waals surface area contributed by atoms with Crippen molar-refractivity contribution in [1.82, 2.24) is 4.57 Å². The molecule has 0 saturated carbocycles. The largest absolute Gasteiger partial charge is 0.458 e. The normalized spacial score (nSPS) is 13.4. The minimum Gasteiger partial charge on any atom is -0.458 e. The molecule has 0 atom stereocenters. The number of fused-ring (bicyclic) bond motifs is 11. The maximum atomic E-state index is 7.45. The van der Waals surface area contributed by atoms with E-state index in [4.69, 9.17) is 4.74 Å². The Labute approximate surface area is 396 Å². The van der Waals surface area contributed by atoms with Gasteiger partial charge in [0, 0.05) is 62.2 Å². The van der Waals surface area contributed by atoms with E-state index in [9.17, 15) is 0 Å². The fraction of sp³-hybridized carbons (Fsp3) is 0.0323. The van der Waals surface area contributed by atoms with E-state index < -0.39 is 0 Å². The summed E-state index contributed by atoms with van der Waals surface area (Å²) in [7, 11) is 0. The maximum Gasteiger partial charge on any atom is 0.256 e. The second-order valence-corrected chi connectivity index (χ2v) is 19.0. The third-order valence-electron chi connectivity index (χ3n) is 15.1. The zero-order valence-corrected chi connectivity index (χ0v) is 37.6. The van der Waals surface area contributed by atoms with Crippen molar-refractivity contribution in [3.05, 3.63) is 223 Å². The average Bonchev–Trinajstić information content (AvgIpc) is 3.73. The van der Waals surface area contributed by atoms with Crippen molar-refractivity contribution in [3.63, 3.8) is 0 Å². The lowest BCUT2D eigenvalue weighted by Gasteiger charge is -2.43. The zero-order valence-electron chi connectivity index (χ0n) is 37.6. The third kappa shape index (κ3) is 5.23. The summed E-state index contributed by atoms with van der Waals surface area (Å²) in [6.07, 6.45) is 0. The van der Waals surface area contributed by atoms with E-state index >= 15 is 0 Å². The van der Waals surface area contributed by atoms with Gasteiger partial charge in [-0.25, -0.2) is 0 Å². The molecule has 1 aromatic heterocycles. The topological polar surface area (TPSA) is 20.6 Å². The maximum absolute atomic E-state index is 7.45. The summed E-state index contributed by atoms with van der Waals surface area (Å²) in [5.74, 6) is 1.78. The number of hydrogen-bond donors (Lipinski definition) is 0. The number of aryl methyl sites for hydroxylation is 2. The Balaban J connectivity index is 1.04. The van der Waals surface area contributed by atoms with Crippen LogP contribution in [0.15, 0.2) is 212 Å². The molecule has 0 unspecified atom stereocenters. The standard InChI is InChI=1S/C62H41B2N3O/c1-38-24-28-40(29-25-38)42-32-55-60-56(33-42)67-52-22-11-9-18-46(52)47-19-13-21-49(62(47)67)64(60)50-36-51-58(37-54(50)66(55)45-16-7-4-8-17-45)68-59-35-43(41-30-26-39(2)27-31-41)34-57-61(59)63(51)48-20-10-12-23-53(48)65(57)44-14-5-3-6-15-44/h3-37H,1-2H3.